The molecule has 3 nitrogen and oxygen atoms in total. The Morgan fingerprint density at radius 1 is 1.29 bits per heavy atom. The molecule has 2 aromatic heterocycles. The Balaban J connectivity index is 2.60. The van der Waals surface area contributed by atoms with E-state index in [1.54, 1.807) is 11.3 Å². The molecule has 0 amide bonds. The number of anilines is 1. The highest BCUT2D eigenvalue weighted by Gasteiger charge is 2.15. The van der Waals surface area contributed by atoms with Crippen molar-refractivity contribution in [3.8, 4) is 11.3 Å². The first-order valence-corrected chi connectivity index (χ1v) is 5.26. The first kappa shape index (κ1) is 9.27. The summed E-state index contributed by atoms with van der Waals surface area (Å²) in [7, 11) is 0. The van der Waals surface area contributed by atoms with Gasteiger partial charge in [0.25, 0.3) is 0 Å². The predicted molar refractivity (Wildman–Crippen MR) is 58.4 cm³/mol. The molecule has 0 spiro atoms. The number of hydrogen-bond donors (Lipinski definition) is 1. The number of thiophene rings is 1. The van der Waals surface area contributed by atoms with Gasteiger partial charge in [-0.2, -0.15) is 0 Å². The molecule has 0 radical (unpaired) electrons. The zero-order chi connectivity index (χ0) is 10.3. The molecule has 14 heavy (non-hydrogen) atoms. The van der Waals surface area contributed by atoms with E-state index in [0.717, 1.165) is 16.8 Å². The van der Waals surface area contributed by atoms with Crippen LogP contribution in [0.1, 0.15) is 16.0 Å². The summed E-state index contributed by atoms with van der Waals surface area (Å²) in [5, 5.41) is 6.06. The second kappa shape index (κ2) is 3.13. The molecule has 0 aromatic carbocycles. The fraction of sp³-hybridized carbons (Fsp3) is 0.300. The lowest BCUT2D eigenvalue weighted by molar-refractivity contribution is 0.439. The standard InChI is InChI=1S/C10H12N2OS/c1-5-7(3)14-4-8(5)9-6(2)10(11)13-12-9/h4H,11H2,1-3H3. The van der Waals surface area contributed by atoms with Crippen LogP contribution >= 0.6 is 11.3 Å². The van der Waals surface area contributed by atoms with E-state index < -0.39 is 0 Å². The van der Waals surface area contributed by atoms with E-state index in [4.69, 9.17) is 10.3 Å². The number of nitrogens with zero attached hydrogens (tertiary/aromatic N) is 1. The summed E-state index contributed by atoms with van der Waals surface area (Å²) < 4.78 is 4.95. The maximum absolute atomic E-state index is 5.61. The highest BCUT2D eigenvalue weighted by Crippen LogP contribution is 2.33. The fourth-order valence-electron chi connectivity index (χ4n) is 1.35. The average molecular weight is 208 g/mol. The van der Waals surface area contributed by atoms with Gasteiger partial charge in [-0.15, -0.1) is 11.3 Å². The quantitative estimate of drug-likeness (QED) is 0.784. The van der Waals surface area contributed by atoms with Crippen LogP contribution in [0.2, 0.25) is 0 Å². The van der Waals surface area contributed by atoms with Crippen LogP contribution in [-0.2, 0) is 0 Å². The van der Waals surface area contributed by atoms with Crippen LogP contribution in [0.3, 0.4) is 0 Å². The van der Waals surface area contributed by atoms with E-state index in [1.807, 2.05) is 6.92 Å². The predicted octanol–water partition coefficient (Wildman–Crippen LogP) is 2.91. The summed E-state index contributed by atoms with van der Waals surface area (Å²) in [5.41, 5.74) is 9.78. The smallest absolute Gasteiger partial charge is 0.225 e. The Bertz CT molecular complexity index is 426. The third-order valence-electron chi connectivity index (χ3n) is 2.50. The van der Waals surface area contributed by atoms with Crippen molar-refractivity contribution < 1.29 is 4.52 Å². The van der Waals surface area contributed by atoms with Crippen molar-refractivity contribution in [1.29, 1.82) is 0 Å². The molecule has 0 saturated heterocycles. The summed E-state index contributed by atoms with van der Waals surface area (Å²) >= 11 is 1.72. The number of rotatable bonds is 1. The molecule has 74 valence electrons. The van der Waals surface area contributed by atoms with Crippen LogP contribution < -0.4 is 5.73 Å². The lowest BCUT2D eigenvalue weighted by Crippen LogP contribution is -1.85. The SMILES string of the molecule is Cc1scc(-c2noc(N)c2C)c1C. The molecule has 0 aliphatic carbocycles. The lowest BCUT2D eigenvalue weighted by Gasteiger charge is -1.95. The van der Waals surface area contributed by atoms with Gasteiger partial charge in [-0.05, 0) is 26.3 Å². The van der Waals surface area contributed by atoms with Crippen molar-refractivity contribution in [2.75, 3.05) is 5.73 Å². The second-order valence-corrected chi connectivity index (χ2v) is 4.43. The van der Waals surface area contributed by atoms with E-state index >= 15 is 0 Å². The van der Waals surface area contributed by atoms with E-state index in [9.17, 15) is 0 Å². The van der Waals surface area contributed by atoms with Crippen molar-refractivity contribution in [1.82, 2.24) is 5.16 Å². The van der Waals surface area contributed by atoms with Gasteiger partial charge in [-0.25, -0.2) is 0 Å². The van der Waals surface area contributed by atoms with E-state index in [2.05, 4.69) is 24.4 Å². The molecule has 0 fully saturated rings. The zero-order valence-electron chi connectivity index (χ0n) is 8.42. The first-order chi connectivity index (χ1) is 6.61. The largest absolute Gasteiger partial charge is 0.367 e. The van der Waals surface area contributed by atoms with Gasteiger partial charge in [0.1, 0.15) is 5.69 Å². The number of hydrogen-bond acceptors (Lipinski definition) is 4. The lowest BCUT2D eigenvalue weighted by atomic mass is 10.1. The molecule has 0 bridgehead atoms. The van der Waals surface area contributed by atoms with Crippen molar-refractivity contribution in [2.45, 2.75) is 20.8 Å². The van der Waals surface area contributed by atoms with Crippen LogP contribution in [0.25, 0.3) is 11.3 Å². The Morgan fingerprint density at radius 3 is 2.43 bits per heavy atom. The van der Waals surface area contributed by atoms with E-state index in [-0.39, 0.29) is 0 Å². The third-order valence-corrected chi connectivity index (χ3v) is 3.51. The summed E-state index contributed by atoms with van der Waals surface area (Å²) in [6.07, 6.45) is 0. The highest BCUT2D eigenvalue weighted by molar-refractivity contribution is 7.10. The Morgan fingerprint density at radius 2 is 2.00 bits per heavy atom. The molecule has 2 rings (SSSR count). The highest BCUT2D eigenvalue weighted by atomic mass is 32.1. The molecular weight excluding hydrogens is 196 g/mol. The topological polar surface area (TPSA) is 52.0 Å². The summed E-state index contributed by atoms with van der Waals surface area (Å²) in [5.74, 6) is 0.406. The molecule has 2 N–H and O–H groups in total. The minimum Gasteiger partial charge on any atom is -0.367 e. The normalized spacial score (nSPS) is 10.8. The zero-order valence-corrected chi connectivity index (χ0v) is 9.23. The Kier molecular flexibility index (Phi) is 2.07. The number of nitrogen functional groups attached to an aromatic ring is 1. The minimum atomic E-state index is 0.406. The van der Waals surface area contributed by atoms with Gasteiger partial charge in [0.15, 0.2) is 0 Å². The minimum absolute atomic E-state index is 0.406. The van der Waals surface area contributed by atoms with Gasteiger partial charge in [-0.3, -0.25) is 0 Å². The first-order valence-electron chi connectivity index (χ1n) is 4.38. The molecule has 0 saturated carbocycles. The van der Waals surface area contributed by atoms with Crippen molar-refractivity contribution in [3.63, 3.8) is 0 Å². The molecular formula is C10H12N2OS. The van der Waals surface area contributed by atoms with Crippen LogP contribution in [-0.4, -0.2) is 5.16 Å². The van der Waals surface area contributed by atoms with Crippen LogP contribution in [0.5, 0.6) is 0 Å². The number of nitrogens with two attached hydrogens (primary N) is 1. The molecule has 0 aliphatic rings. The van der Waals surface area contributed by atoms with Crippen LogP contribution in [0.15, 0.2) is 9.90 Å². The van der Waals surface area contributed by atoms with Gasteiger partial charge in [0.2, 0.25) is 5.88 Å². The molecule has 2 aromatic rings. The van der Waals surface area contributed by atoms with Gasteiger partial charge in [-0.1, -0.05) is 5.16 Å². The van der Waals surface area contributed by atoms with Gasteiger partial charge < -0.3 is 10.3 Å². The Hall–Kier alpha value is -1.29. The monoisotopic (exact) mass is 208 g/mol. The fourth-order valence-corrected chi connectivity index (χ4v) is 2.22. The van der Waals surface area contributed by atoms with Crippen molar-refractivity contribution in [2.24, 2.45) is 0 Å². The van der Waals surface area contributed by atoms with Gasteiger partial charge >= 0.3 is 0 Å². The van der Waals surface area contributed by atoms with E-state index in [1.165, 1.54) is 10.4 Å². The summed E-state index contributed by atoms with van der Waals surface area (Å²) in [6.45, 7) is 6.11. The number of aryl methyl sites for hydroxylation is 1. The summed E-state index contributed by atoms with van der Waals surface area (Å²) in [4.78, 5) is 1.31. The summed E-state index contributed by atoms with van der Waals surface area (Å²) in [6, 6.07) is 0. The third kappa shape index (κ3) is 1.23. The molecule has 0 aliphatic heterocycles. The molecule has 0 atom stereocenters. The van der Waals surface area contributed by atoms with Crippen molar-refractivity contribution >= 4 is 17.2 Å². The second-order valence-electron chi connectivity index (χ2n) is 3.35. The maximum Gasteiger partial charge on any atom is 0.225 e. The van der Waals surface area contributed by atoms with Gasteiger partial charge in [0, 0.05) is 21.4 Å². The maximum atomic E-state index is 5.61. The van der Waals surface area contributed by atoms with Crippen LogP contribution in [0, 0.1) is 20.8 Å². The number of aromatic nitrogens is 1. The molecule has 0 unspecified atom stereocenters. The van der Waals surface area contributed by atoms with Gasteiger partial charge in [0.05, 0.1) is 0 Å². The molecule has 4 heteroatoms. The van der Waals surface area contributed by atoms with Crippen molar-refractivity contribution in [3.05, 3.63) is 21.4 Å². The van der Waals surface area contributed by atoms with Crippen LogP contribution in [0.4, 0.5) is 5.88 Å². The average Bonchev–Trinajstić information content (AvgIpc) is 2.63. The Labute approximate surface area is 86.5 Å². The molecule has 2 heterocycles. The van der Waals surface area contributed by atoms with E-state index in [0.29, 0.717) is 5.88 Å².